The average Bonchev–Trinajstić information content (AvgIpc) is 2.55. The molecule has 0 spiro atoms. The van der Waals surface area contributed by atoms with Gasteiger partial charge in [0.1, 0.15) is 0 Å². The van der Waals surface area contributed by atoms with E-state index < -0.39 is 0 Å². The van der Waals surface area contributed by atoms with Gasteiger partial charge in [-0.1, -0.05) is 24.3 Å². The van der Waals surface area contributed by atoms with Crippen molar-refractivity contribution in [3.8, 4) is 5.88 Å². The zero-order chi connectivity index (χ0) is 14.9. The standard InChI is InChI=1S/C17H23N3O/c1-20(16-9-4-3-5-10-16)13-7-11-18-14-15-8-6-12-19-17(15)21-2/h3-6,8-10,12,18H,7,11,13-14H2,1-2H3. The van der Waals surface area contributed by atoms with Crippen LogP contribution in [0.1, 0.15) is 12.0 Å². The molecule has 1 aromatic heterocycles. The number of rotatable bonds is 8. The highest BCUT2D eigenvalue weighted by Crippen LogP contribution is 2.13. The van der Waals surface area contributed by atoms with Crippen molar-refractivity contribution in [1.29, 1.82) is 0 Å². The predicted octanol–water partition coefficient (Wildman–Crippen LogP) is 2.71. The van der Waals surface area contributed by atoms with E-state index in [4.69, 9.17) is 4.74 Å². The minimum absolute atomic E-state index is 0.700. The Kier molecular flexibility index (Phi) is 6.03. The summed E-state index contributed by atoms with van der Waals surface area (Å²) < 4.78 is 5.24. The molecule has 0 radical (unpaired) electrons. The zero-order valence-corrected chi connectivity index (χ0v) is 12.7. The number of para-hydroxylation sites is 1. The number of pyridine rings is 1. The molecule has 4 nitrogen and oxygen atoms in total. The highest BCUT2D eigenvalue weighted by atomic mass is 16.5. The Morgan fingerprint density at radius 3 is 2.71 bits per heavy atom. The summed E-state index contributed by atoms with van der Waals surface area (Å²) >= 11 is 0. The van der Waals surface area contributed by atoms with Gasteiger partial charge in [0.2, 0.25) is 5.88 Å². The fourth-order valence-corrected chi connectivity index (χ4v) is 2.22. The van der Waals surface area contributed by atoms with Crippen LogP contribution in [0.4, 0.5) is 5.69 Å². The predicted molar refractivity (Wildman–Crippen MR) is 86.8 cm³/mol. The second-order valence-electron chi connectivity index (χ2n) is 4.96. The molecule has 0 saturated carbocycles. The number of aromatic nitrogens is 1. The molecule has 1 aromatic carbocycles. The second kappa shape index (κ2) is 8.27. The second-order valence-corrected chi connectivity index (χ2v) is 4.96. The van der Waals surface area contributed by atoms with Gasteiger partial charge in [0.25, 0.3) is 0 Å². The summed E-state index contributed by atoms with van der Waals surface area (Å²) in [7, 11) is 3.78. The first-order chi connectivity index (χ1) is 10.3. The molecule has 0 aliphatic carbocycles. The SMILES string of the molecule is COc1ncccc1CNCCCN(C)c1ccccc1. The van der Waals surface area contributed by atoms with Crippen LogP contribution in [0.3, 0.4) is 0 Å². The van der Waals surface area contributed by atoms with Crippen molar-refractivity contribution >= 4 is 5.69 Å². The number of nitrogens with one attached hydrogen (secondary N) is 1. The monoisotopic (exact) mass is 285 g/mol. The molecule has 0 aliphatic rings. The molecule has 0 unspecified atom stereocenters. The van der Waals surface area contributed by atoms with Gasteiger partial charge < -0.3 is 15.0 Å². The van der Waals surface area contributed by atoms with Gasteiger partial charge in [-0.15, -0.1) is 0 Å². The zero-order valence-electron chi connectivity index (χ0n) is 12.7. The number of ether oxygens (including phenoxy) is 1. The van der Waals surface area contributed by atoms with Crippen LogP contribution >= 0.6 is 0 Å². The largest absolute Gasteiger partial charge is 0.481 e. The molecule has 0 saturated heterocycles. The molecule has 1 N–H and O–H groups in total. The van der Waals surface area contributed by atoms with Crippen molar-refractivity contribution in [3.05, 3.63) is 54.2 Å². The minimum Gasteiger partial charge on any atom is -0.481 e. The molecule has 0 atom stereocenters. The third-order valence-electron chi connectivity index (χ3n) is 3.40. The van der Waals surface area contributed by atoms with Gasteiger partial charge in [0.05, 0.1) is 7.11 Å². The molecule has 2 aromatic rings. The van der Waals surface area contributed by atoms with Crippen LogP contribution in [0.15, 0.2) is 48.7 Å². The first-order valence-electron chi connectivity index (χ1n) is 7.26. The van der Waals surface area contributed by atoms with Gasteiger partial charge in [0, 0.05) is 37.6 Å². The van der Waals surface area contributed by atoms with E-state index in [9.17, 15) is 0 Å². The molecule has 21 heavy (non-hydrogen) atoms. The van der Waals surface area contributed by atoms with Crippen LogP contribution in [0.5, 0.6) is 5.88 Å². The van der Waals surface area contributed by atoms with Gasteiger partial charge in [0.15, 0.2) is 0 Å². The van der Waals surface area contributed by atoms with E-state index in [1.54, 1.807) is 13.3 Å². The lowest BCUT2D eigenvalue weighted by atomic mass is 10.2. The summed E-state index contributed by atoms with van der Waals surface area (Å²) in [5, 5.41) is 3.44. The fourth-order valence-electron chi connectivity index (χ4n) is 2.22. The lowest BCUT2D eigenvalue weighted by molar-refractivity contribution is 0.390. The Morgan fingerprint density at radius 1 is 1.14 bits per heavy atom. The van der Waals surface area contributed by atoms with Gasteiger partial charge in [-0.05, 0) is 31.2 Å². The highest BCUT2D eigenvalue weighted by molar-refractivity contribution is 5.44. The third kappa shape index (κ3) is 4.76. The summed E-state index contributed by atoms with van der Waals surface area (Å²) in [6.45, 7) is 2.78. The number of benzene rings is 1. The molecular weight excluding hydrogens is 262 g/mol. The first kappa shape index (κ1) is 15.3. The highest BCUT2D eigenvalue weighted by Gasteiger charge is 2.03. The Balaban J connectivity index is 1.68. The van der Waals surface area contributed by atoms with Crippen molar-refractivity contribution < 1.29 is 4.74 Å². The minimum atomic E-state index is 0.700. The van der Waals surface area contributed by atoms with Crippen LogP contribution in [0, 0.1) is 0 Å². The lowest BCUT2D eigenvalue weighted by Crippen LogP contribution is -2.23. The molecule has 112 valence electrons. The van der Waals surface area contributed by atoms with Crippen molar-refractivity contribution in [1.82, 2.24) is 10.3 Å². The summed E-state index contributed by atoms with van der Waals surface area (Å²) in [4.78, 5) is 6.46. The van der Waals surface area contributed by atoms with Crippen LogP contribution in [0.25, 0.3) is 0 Å². The number of nitrogens with zero attached hydrogens (tertiary/aromatic N) is 2. The number of anilines is 1. The first-order valence-corrected chi connectivity index (χ1v) is 7.26. The molecule has 0 fully saturated rings. The van der Waals surface area contributed by atoms with E-state index in [0.29, 0.717) is 5.88 Å². The molecule has 0 aliphatic heterocycles. The van der Waals surface area contributed by atoms with Crippen molar-refractivity contribution in [2.75, 3.05) is 32.1 Å². The van der Waals surface area contributed by atoms with Gasteiger partial charge >= 0.3 is 0 Å². The van der Waals surface area contributed by atoms with Crippen molar-refractivity contribution in [2.45, 2.75) is 13.0 Å². The molecule has 0 amide bonds. The van der Waals surface area contributed by atoms with Crippen molar-refractivity contribution in [3.63, 3.8) is 0 Å². The normalized spacial score (nSPS) is 10.4. The fraction of sp³-hybridized carbons (Fsp3) is 0.353. The van der Waals surface area contributed by atoms with Crippen LogP contribution in [-0.2, 0) is 6.54 Å². The molecular formula is C17H23N3O. The average molecular weight is 285 g/mol. The maximum absolute atomic E-state index is 5.24. The van der Waals surface area contributed by atoms with E-state index in [0.717, 1.165) is 31.6 Å². The van der Waals surface area contributed by atoms with E-state index in [1.165, 1.54) is 5.69 Å². The molecule has 1 heterocycles. The van der Waals surface area contributed by atoms with Crippen LogP contribution in [-0.4, -0.2) is 32.2 Å². The molecule has 4 heteroatoms. The lowest BCUT2D eigenvalue weighted by Gasteiger charge is -2.19. The Morgan fingerprint density at radius 2 is 1.95 bits per heavy atom. The quantitative estimate of drug-likeness (QED) is 0.757. The smallest absolute Gasteiger partial charge is 0.217 e. The van der Waals surface area contributed by atoms with E-state index in [-0.39, 0.29) is 0 Å². The Labute approximate surface area is 126 Å². The van der Waals surface area contributed by atoms with Gasteiger partial charge in [-0.3, -0.25) is 0 Å². The van der Waals surface area contributed by atoms with Crippen LogP contribution in [0.2, 0.25) is 0 Å². The van der Waals surface area contributed by atoms with E-state index >= 15 is 0 Å². The van der Waals surface area contributed by atoms with Gasteiger partial charge in [-0.2, -0.15) is 0 Å². The Hall–Kier alpha value is -2.07. The van der Waals surface area contributed by atoms with Crippen LogP contribution < -0.4 is 15.0 Å². The Bertz CT molecular complexity index is 531. The van der Waals surface area contributed by atoms with Gasteiger partial charge in [-0.25, -0.2) is 4.98 Å². The van der Waals surface area contributed by atoms with Crippen molar-refractivity contribution in [2.24, 2.45) is 0 Å². The topological polar surface area (TPSA) is 37.4 Å². The van der Waals surface area contributed by atoms with E-state index in [2.05, 4.69) is 46.5 Å². The maximum Gasteiger partial charge on any atom is 0.217 e. The maximum atomic E-state index is 5.24. The number of hydrogen-bond acceptors (Lipinski definition) is 4. The summed E-state index contributed by atoms with van der Waals surface area (Å²) in [6, 6.07) is 14.4. The number of methoxy groups -OCH3 is 1. The summed E-state index contributed by atoms with van der Waals surface area (Å²) in [5.74, 6) is 0.700. The number of hydrogen-bond donors (Lipinski definition) is 1. The third-order valence-corrected chi connectivity index (χ3v) is 3.40. The molecule has 2 rings (SSSR count). The van der Waals surface area contributed by atoms with E-state index in [1.807, 2.05) is 18.2 Å². The summed E-state index contributed by atoms with van der Waals surface area (Å²) in [5.41, 5.74) is 2.35. The molecule has 0 bridgehead atoms. The summed E-state index contributed by atoms with van der Waals surface area (Å²) in [6.07, 6.45) is 2.84.